The molecule has 1 N–H and O–H groups in total. The maximum atomic E-state index is 5.16. The van der Waals surface area contributed by atoms with Gasteiger partial charge in [0.2, 0.25) is 0 Å². The van der Waals surface area contributed by atoms with Crippen molar-refractivity contribution >= 4 is 15.9 Å². The third-order valence-corrected chi connectivity index (χ3v) is 3.70. The van der Waals surface area contributed by atoms with Crippen LogP contribution in [0.4, 0.5) is 0 Å². The maximum Gasteiger partial charge on any atom is 0.0698 e. The Morgan fingerprint density at radius 1 is 1.47 bits per heavy atom. The van der Waals surface area contributed by atoms with Crippen LogP contribution in [0.5, 0.6) is 0 Å². The average molecular weight is 332 g/mol. The summed E-state index contributed by atoms with van der Waals surface area (Å²) in [5.74, 6) is 0. The number of aromatic nitrogens is 2. The standard InChI is InChI=1S/C14H26BrN3O/c1-5-8-16-13(7-6-9-19-4)14-12(15)10-17-18(14)11(2)3/h10-11,13,16H,5-9H2,1-4H3. The van der Waals surface area contributed by atoms with Gasteiger partial charge in [0.1, 0.15) is 0 Å². The van der Waals surface area contributed by atoms with E-state index >= 15 is 0 Å². The molecular formula is C14H26BrN3O. The Morgan fingerprint density at radius 3 is 2.79 bits per heavy atom. The lowest BCUT2D eigenvalue weighted by atomic mass is 10.1. The van der Waals surface area contributed by atoms with Gasteiger partial charge >= 0.3 is 0 Å². The minimum Gasteiger partial charge on any atom is -0.385 e. The summed E-state index contributed by atoms with van der Waals surface area (Å²) in [6.45, 7) is 8.34. The quantitative estimate of drug-likeness (QED) is 0.701. The monoisotopic (exact) mass is 331 g/mol. The minimum atomic E-state index is 0.328. The van der Waals surface area contributed by atoms with Crippen molar-refractivity contribution in [1.82, 2.24) is 15.1 Å². The molecule has 1 rings (SSSR count). The van der Waals surface area contributed by atoms with E-state index in [1.807, 2.05) is 6.20 Å². The highest BCUT2D eigenvalue weighted by molar-refractivity contribution is 9.10. The Labute approximate surface area is 125 Å². The molecular weight excluding hydrogens is 306 g/mol. The van der Waals surface area contributed by atoms with Crippen molar-refractivity contribution in [3.05, 3.63) is 16.4 Å². The van der Waals surface area contributed by atoms with Gasteiger partial charge in [-0.2, -0.15) is 5.10 Å². The third kappa shape index (κ3) is 4.89. The molecule has 0 radical (unpaired) electrons. The van der Waals surface area contributed by atoms with Crippen molar-refractivity contribution in [2.45, 2.75) is 52.1 Å². The summed E-state index contributed by atoms with van der Waals surface area (Å²) >= 11 is 3.63. The van der Waals surface area contributed by atoms with Gasteiger partial charge < -0.3 is 10.1 Å². The van der Waals surface area contributed by atoms with E-state index in [2.05, 4.69) is 51.8 Å². The molecule has 4 nitrogen and oxygen atoms in total. The van der Waals surface area contributed by atoms with Crippen molar-refractivity contribution in [1.29, 1.82) is 0 Å². The summed E-state index contributed by atoms with van der Waals surface area (Å²) in [5, 5.41) is 8.09. The van der Waals surface area contributed by atoms with Crippen LogP contribution < -0.4 is 5.32 Å². The first-order valence-electron chi connectivity index (χ1n) is 7.07. The van der Waals surface area contributed by atoms with Crippen LogP contribution in [0.25, 0.3) is 0 Å². The number of ether oxygens (including phenoxy) is 1. The van der Waals surface area contributed by atoms with E-state index in [0.29, 0.717) is 12.1 Å². The van der Waals surface area contributed by atoms with Gasteiger partial charge in [-0.15, -0.1) is 0 Å². The van der Waals surface area contributed by atoms with E-state index in [1.54, 1.807) is 7.11 Å². The number of hydrogen-bond acceptors (Lipinski definition) is 3. The molecule has 5 heteroatoms. The topological polar surface area (TPSA) is 39.1 Å². The normalized spacial score (nSPS) is 13.2. The largest absolute Gasteiger partial charge is 0.385 e. The summed E-state index contributed by atoms with van der Waals surface area (Å²) in [4.78, 5) is 0. The molecule has 0 bridgehead atoms. The van der Waals surface area contributed by atoms with Gasteiger partial charge in [0, 0.05) is 19.8 Å². The smallest absolute Gasteiger partial charge is 0.0698 e. The molecule has 1 heterocycles. The first kappa shape index (κ1) is 16.7. The molecule has 110 valence electrons. The van der Waals surface area contributed by atoms with Gasteiger partial charge in [0.15, 0.2) is 0 Å². The van der Waals surface area contributed by atoms with Crippen LogP contribution in [0, 0.1) is 0 Å². The lowest BCUT2D eigenvalue weighted by molar-refractivity contribution is 0.188. The van der Waals surface area contributed by atoms with E-state index in [1.165, 1.54) is 5.69 Å². The van der Waals surface area contributed by atoms with E-state index in [-0.39, 0.29) is 0 Å². The number of nitrogens with one attached hydrogen (secondary N) is 1. The van der Waals surface area contributed by atoms with Crippen molar-refractivity contribution < 1.29 is 4.74 Å². The zero-order valence-electron chi connectivity index (χ0n) is 12.4. The van der Waals surface area contributed by atoms with Gasteiger partial charge in [0.25, 0.3) is 0 Å². The van der Waals surface area contributed by atoms with E-state index in [4.69, 9.17) is 4.74 Å². The van der Waals surface area contributed by atoms with E-state index in [9.17, 15) is 0 Å². The first-order valence-corrected chi connectivity index (χ1v) is 7.86. The summed E-state index contributed by atoms with van der Waals surface area (Å²) in [7, 11) is 1.75. The highest BCUT2D eigenvalue weighted by Crippen LogP contribution is 2.28. The SMILES string of the molecule is CCCNC(CCCOC)c1c(Br)cnn1C(C)C. The van der Waals surface area contributed by atoms with Crippen LogP contribution >= 0.6 is 15.9 Å². The second-order valence-electron chi connectivity index (χ2n) is 5.06. The predicted molar refractivity (Wildman–Crippen MR) is 82.5 cm³/mol. The van der Waals surface area contributed by atoms with Crippen molar-refractivity contribution in [3.63, 3.8) is 0 Å². The molecule has 19 heavy (non-hydrogen) atoms. The molecule has 1 aromatic rings. The zero-order chi connectivity index (χ0) is 14.3. The molecule has 0 fully saturated rings. The lowest BCUT2D eigenvalue weighted by Crippen LogP contribution is -2.26. The minimum absolute atomic E-state index is 0.328. The first-order chi connectivity index (χ1) is 9.11. The van der Waals surface area contributed by atoms with Gasteiger partial charge in [-0.05, 0) is 55.6 Å². The molecule has 0 aliphatic carbocycles. The van der Waals surface area contributed by atoms with Crippen molar-refractivity contribution in [2.75, 3.05) is 20.3 Å². The van der Waals surface area contributed by atoms with Gasteiger partial charge in [-0.1, -0.05) is 6.92 Å². The van der Waals surface area contributed by atoms with Crippen LogP contribution in [0.2, 0.25) is 0 Å². The van der Waals surface area contributed by atoms with E-state index < -0.39 is 0 Å². The number of hydrogen-bond donors (Lipinski definition) is 1. The van der Waals surface area contributed by atoms with Gasteiger partial charge in [-0.25, -0.2) is 0 Å². The molecule has 1 atom stereocenters. The van der Waals surface area contributed by atoms with Crippen LogP contribution in [0.1, 0.15) is 57.8 Å². The second kappa shape index (κ2) is 8.72. The van der Waals surface area contributed by atoms with Crippen LogP contribution in [-0.4, -0.2) is 30.0 Å². The Kier molecular flexibility index (Phi) is 7.64. The van der Waals surface area contributed by atoms with Crippen LogP contribution in [-0.2, 0) is 4.74 Å². The molecule has 0 aliphatic heterocycles. The fraction of sp³-hybridized carbons (Fsp3) is 0.786. The third-order valence-electron chi connectivity index (χ3n) is 3.09. The fourth-order valence-electron chi connectivity index (χ4n) is 2.17. The molecule has 1 aromatic heterocycles. The second-order valence-corrected chi connectivity index (χ2v) is 5.91. The molecule has 0 amide bonds. The Hall–Kier alpha value is -0.390. The molecule has 0 aromatic carbocycles. The number of nitrogens with zero attached hydrogens (tertiary/aromatic N) is 2. The van der Waals surface area contributed by atoms with E-state index in [0.717, 1.165) is 36.9 Å². The summed E-state index contributed by atoms with van der Waals surface area (Å²) in [6, 6.07) is 0.698. The fourth-order valence-corrected chi connectivity index (χ4v) is 2.72. The number of rotatable bonds is 9. The molecule has 0 saturated heterocycles. The molecule has 0 aliphatic rings. The predicted octanol–water partition coefficient (Wildman–Crippen LogP) is 3.69. The summed E-state index contributed by atoms with van der Waals surface area (Å²) in [5.41, 5.74) is 1.25. The summed E-state index contributed by atoms with van der Waals surface area (Å²) < 4.78 is 8.35. The molecule has 1 unspecified atom stereocenters. The Morgan fingerprint density at radius 2 is 2.21 bits per heavy atom. The lowest BCUT2D eigenvalue weighted by Gasteiger charge is -2.22. The maximum absolute atomic E-state index is 5.16. The molecule has 0 saturated carbocycles. The van der Waals surface area contributed by atoms with Gasteiger partial charge in [-0.3, -0.25) is 4.68 Å². The van der Waals surface area contributed by atoms with Crippen molar-refractivity contribution in [3.8, 4) is 0 Å². The van der Waals surface area contributed by atoms with Gasteiger partial charge in [0.05, 0.1) is 22.4 Å². The highest BCUT2D eigenvalue weighted by atomic mass is 79.9. The number of methoxy groups -OCH3 is 1. The highest BCUT2D eigenvalue weighted by Gasteiger charge is 2.20. The van der Waals surface area contributed by atoms with Crippen LogP contribution in [0.3, 0.4) is 0 Å². The Bertz CT molecular complexity index is 366. The summed E-state index contributed by atoms with van der Waals surface area (Å²) in [6.07, 6.45) is 5.14. The zero-order valence-corrected chi connectivity index (χ0v) is 14.0. The molecule has 0 spiro atoms. The Balaban J connectivity index is 2.85. The average Bonchev–Trinajstić information content (AvgIpc) is 2.76. The van der Waals surface area contributed by atoms with Crippen molar-refractivity contribution in [2.24, 2.45) is 0 Å². The van der Waals surface area contributed by atoms with Crippen LogP contribution in [0.15, 0.2) is 10.7 Å². The number of halogens is 1.